The number of nitrogens with zero attached hydrogens (tertiary/aromatic N) is 1. The molecule has 8 heteroatoms. The summed E-state index contributed by atoms with van der Waals surface area (Å²) >= 11 is 0. The molecule has 1 heterocycles. The Hall–Kier alpha value is -4.72. The zero-order valence-corrected chi connectivity index (χ0v) is 21.5. The number of rotatable bonds is 5. The van der Waals surface area contributed by atoms with Crippen molar-refractivity contribution >= 4 is 23.4 Å². The van der Waals surface area contributed by atoms with Crippen molar-refractivity contribution in [3.8, 4) is 0 Å². The molecule has 0 aromatic heterocycles. The molecule has 0 saturated heterocycles. The smallest absolute Gasteiger partial charge is 0.338 e. The monoisotopic (exact) mass is 526 g/mol. The van der Waals surface area contributed by atoms with Gasteiger partial charge in [-0.1, -0.05) is 60.7 Å². The Bertz CT molecular complexity index is 1480. The summed E-state index contributed by atoms with van der Waals surface area (Å²) in [7, 11) is 2.47. The Kier molecular flexibility index (Phi) is 7.02. The van der Waals surface area contributed by atoms with Crippen molar-refractivity contribution in [2.45, 2.75) is 18.3 Å². The van der Waals surface area contributed by atoms with Gasteiger partial charge in [-0.2, -0.15) is 0 Å². The average molecular weight is 527 g/mol. The Morgan fingerprint density at radius 1 is 0.872 bits per heavy atom. The van der Waals surface area contributed by atoms with Gasteiger partial charge in [-0.25, -0.2) is 9.18 Å². The minimum atomic E-state index is -1.16. The van der Waals surface area contributed by atoms with Gasteiger partial charge in [0.15, 0.2) is 5.78 Å². The number of allylic oxidation sites excluding steroid dienone is 2. The predicted molar refractivity (Wildman–Crippen MR) is 143 cm³/mol. The predicted octanol–water partition coefficient (Wildman–Crippen LogP) is 4.57. The van der Waals surface area contributed by atoms with Gasteiger partial charge in [0.25, 0.3) is 0 Å². The van der Waals surface area contributed by atoms with E-state index in [-0.39, 0.29) is 23.4 Å². The fourth-order valence-corrected chi connectivity index (χ4v) is 5.61. The number of halogens is 1. The second-order valence-corrected chi connectivity index (χ2v) is 9.39. The van der Waals surface area contributed by atoms with Crippen molar-refractivity contribution in [2.24, 2.45) is 11.7 Å². The first-order valence-corrected chi connectivity index (χ1v) is 12.5. The summed E-state index contributed by atoms with van der Waals surface area (Å²) < 4.78 is 24.1. The van der Waals surface area contributed by atoms with Crippen LogP contribution in [0.25, 0.3) is 0 Å². The minimum Gasteiger partial charge on any atom is -0.468 e. The van der Waals surface area contributed by atoms with E-state index in [1.807, 2.05) is 60.7 Å². The Labute approximate surface area is 225 Å². The quantitative estimate of drug-likeness (QED) is 0.384. The number of carbonyl (C=O) groups excluding carboxylic acids is 3. The number of nitrogens with two attached hydrogens (primary N) is 1. The summed E-state index contributed by atoms with van der Waals surface area (Å²) in [5.41, 5.74) is 9.45. The number of esters is 2. The molecule has 0 spiro atoms. The lowest BCUT2D eigenvalue weighted by atomic mass is 9.67. The molecule has 3 atom stereocenters. The molecular formula is C31H27FN2O5. The summed E-state index contributed by atoms with van der Waals surface area (Å²) in [5.74, 6) is -4.96. The normalized spacial score (nSPS) is 20.9. The number of methoxy groups -OCH3 is 2. The van der Waals surface area contributed by atoms with Crippen LogP contribution in [0.4, 0.5) is 10.1 Å². The number of para-hydroxylation sites is 1. The SMILES string of the molecule is COC(=O)C1=C(N)N(c2ccccc2)C2=C(C(=O)[C@@H](C(=O)OC)[C@@H](c3ccccc3)C2)[C@@H]1c1ccc(F)cc1. The van der Waals surface area contributed by atoms with Crippen molar-refractivity contribution in [3.05, 3.63) is 125 Å². The highest BCUT2D eigenvalue weighted by Gasteiger charge is 2.51. The number of carbonyl (C=O) groups is 3. The highest BCUT2D eigenvalue weighted by molar-refractivity contribution is 6.14. The van der Waals surface area contributed by atoms with E-state index < -0.39 is 41.3 Å². The van der Waals surface area contributed by atoms with Gasteiger partial charge in [0.2, 0.25) is 0 Å². The van der Waals surface area contributed by atoms with Gasteiger partial charge in [-0.3, -0.25) is 14.5 Å². The van der Waals surface area contributed by atoms with E-state index in [9.17, 15) is 18.8 Å². The first kappa shape index (κ1) is 25.9. The van der Waals surface area contributed by atoms with E-state index in [1.54, 1.807) is 4.90 Å². The number of hydrogen-bond acceptors (Lipinski definition) is 7. The Morgan fingerprint density at radius 2 is 1.49 bits per heavy atom. The van der Waals surface area contributed by atoms with Crippen LogP contribution in [0.5, 0.6) is 0 Å². The van der Waals surface area contributed by atoms with E-state index in [2.05, 4.69) is 0 Å². The van der Waals surface area contributed by atoms with Crippen LogP contribution in [-0.2, 0) is 23.9 Å². The zero-order valence-electron chi connectivity index (χ0n) is 21.5. The molecule has 0 unspecified atom stereocenters. The minimum absolute atomic E-state index is 0.0295. The maximum absolute atomic E-state index is 14.5. The first-order chi connectivity index (χ1) is 18.9. The molecule has 1 aliphatic heterocycles. The van der Waals surface area contributed by atoms with Crippen LogP contribution < -0.4 is 10.6 Å². The van der Waals surface area contributed by atoms with Crippen LogP contribution in [0.2, 0.25) is 0 Å². The maximum Gasteiger partial charge on any atom is 0.338 e. The second kappa shape index (κ2) is 10.6. The summed E-state index contributed by atoms with van der Waals surface area (Å²) in [4.78, 5) is 42.6. The van der Waals surface area contributed by atoms with Crippen LogP contribution >= 0.6 is 0 Å². The third kappa shape index (κ3) is 4.48. The summed E-state index contributed by atoms with van der Waals surface area (Å²) in [6.07, 6.45) is 0.257. The highest BCUT2D eigenvalue weighted by atomic mass is 19.1. The molecule has 0 saturated carbocycles. The van der Waals surface area contributed by atoms with Gasteiger partial charge in [-0.05, 0) is 41.8 Å². The van der Waals surface area contributed by atoms with E-state index in [1.165, 1.54) is 38.5 Å². The molecule has 2 N–H and O–H groups in total. The number of ketones is 1. The third-order valence-electron chi connectivity index (χ3n) is 7.34. The summed E-state index contributed by atoms with van der Waals surface area (Å²) in [6, 6.07) is 23.9. The van der Waals surface area contributed by atoms with Crippen LogP contribution in [0.3, 0.4) is 0 Å². The molecule has 0 fully saturated rings. The number of anilines is 1. The van der Waals surface area contributed by atoms with Crippen molar-refractivity contribution in [3.63, 3.8) is 0 Å². The lowest BCUT2D eigenvalue weighted by Gasteiger charge is -2.44. The van der Waals surface area contributed by atoms with Gasteiger partial charge < -0.3 is 15.2 Å². The molecule has 3 aromatic rings. The number of ether oxygens (including phenoxy) is 2. The van der Waals surface area contributed by atoms with Crippen LogP contribution in [0.1, 0.15) is 29.4 Å². The summed E-state index contributed by atoms with van der Waals surface area (Å²) in [5, 5.41) is 0. The van der Waals surface area contributed by atoms with Gasteiger partial charge in [0, 0.05) is 22.9 Å². The zero-order chi connectivity index (χ0) is 27.7. The molecule has 2 aliphatic rings. The first-order valence-electron chi connectivity index (χ1n) is 12.5. The highest BCUT2D eigenvalue weighted by Crippen LogP contribution is 2.51. The lowest BCUT2D eigenvalue weighted by Crippen LogP contribution is -2.46. The van der Waals surface area contributed by atoms with Crippen LogP contribution in [0.15, 0.2) is 108 Å². The van der Waals surface area contributed by atoms with Gasteiger partial charge in [-0.15, -0.1) is 0 Å². The molecule has 0 bridgehead atoms. The molecular weight excluding hydrogens is 499 g/mol. The van der Waals surface area contributed by atoms with Crippen molar-refractivity contribution < 1.29 is 28.2 Å². The number of hydrogen-bond donors (Lipinski definition) is 1. The molecule has 1 aliphatic carbocycles. The molecule has 39 heavy (non-hydrogen) atoms. The topological polar surface area (TPSA) is 98.9 Å². The van der Waals surface area contributed by atoms with E-state index in [0.717, 1.165) is 5.56 Å². The Balaban J connectivity index is 1.82. The number of benzene rings is 3. The average Bonchev–Trinajstić information content (AvgIpc) is 2.97. The summed E-state index contributed by atoms with van der Waals surface area (Å²) in [6.45, 7) is 0. The fourth-order valence-electron chi connectivity index (χ4n) is 5.61. The molecule has 0 radical (unpaired) electrons. The van der Waals surface area contributed by atoms with Crippen LogP contribution in [0, 0.1) is 11.7 Å². The van der Waals surface area contributed by atoms with Crippen molar-refractivity contribution in [1.82, 2.24) is 0 Å². The van der Waals surface area contributed by atoms with Gasteiger partial charge in [0.05, 0.1) is 25.7 Å². The third-order valence-corrected chi connectivity index (χ3v) is 7.34. The standard InChI is InChI=1S/C31H27FN2O5/c1-38-30(36)25-22(18-9-5-3-6-10-18)17-23-26(28(25)35)24(19-13-15-20(32)16-14-19)27(31(37)39-2)29(33)34(23)21-11-7-4-8-12-21/h3-16,22,24-25H,17,33H2,1-2H3/t22-,24+,25+/m1/s1. The maximum atomic E-state index is 14.5. The molecule has 3 aromatic carbocycles. The van der Waals surface area contributed by atoms with Gasteiger partial charge >= 0.3 is 11.9 Å². The van der Waals surface area contributed by atoms with E-state index >= 15 is 0 Å². The fraction of sp³-hybridized carbons (Fsp3) is 0.194. The molecule has 7 nitrogen and oxygen atoms in total. The van der Waals surface area contributed by atoms with Crippen molar-refractivity contribution in [2.75, 3.05) is 19.1 Å². The van der Waals surface area contributed by atoms with E-state index in [4.69, 9.17) is 15.2 Å². The largest absolute Gasteiger partial charge is 0.468 e. The lowest BCUT2D eigenvalue weighted by molar-refractivity contribution is -0.150. The molecule has 5 rings (SSSR count). The van der Waals surface area contributed by atoms with Crippen LogP contribution in [-0.4, -0.2) is 31.9 Å². The van der Waals surface area contributed by atoms with Gasteiger partial charge in [0.1, 0.15) is 17.6 Å². The number of Topliss-reactive ketones (excluding diaryl/α,β-unsaturated/α-hetero) is 1. The molecule has 0 amide bonds. The van der Waals surface area contributed by atoms with E-state index in [0.29, 0.717) is 16.9 Å². The second-order valence-electron chi connectivity index (χ2n) is 9.39. The Morgan fingerprint density at radius 3 is 2.08 bits per heavy atom. The molecule has 198 valence electrons. The van der Waals surface area contributed by atoms with Crippen molar-refractivity contribution in [1.29, 1.82) is 0 Å².